The van der Waals surface area contributed by atoms with Crippen molar-refractivity contribution in [2.24, 2.45) is 0 Å². The van der Waals surface area contributed by atoms with E-state index in [1.165, 1.54) is 0 Å². The Balaban J connectivity index is 1.53. The molecule has 1 aliphatic carbocycles. The maximum absolute atomic E-state index is 11.8. The number of carbonyl (C=O) groups excluding carboxylic acids is 1. The lowest BCUT2D eigenvalue weighted by Crippen LogP contribution is -2.39. The molecule has 0 spiro atoms. The monoisotopic (exact) mass is 299 g/mol. The van der Waals surface area contributed by atoms with E-state index in [0.29, 0.717) is 6.42 Å². The Labute approximate surface area is 127 Å². The van der Waals surface area contributed by atoms with Crippen LogP contribution in [-0.4, -0.2) is 22.3 Å². The van der Waals surface area contributed by atoms with Gasteiger partial charge in [0.1, 0.15) is 6.61 Å². The Morgan fingerprint density at radius 3 is 3.00 bits per heavy atom. The standard InChI is InChI=1S/C16H17N3O3/c20-15-9-12-8-13(6-7-14(12)18-19-15)17-16(21)22-10-11-4-2-1-3-5-11/h1-5,9,13H,6-8,10H2,(H,17,21)(H,19,20). The summed E-state index contributed by atoms with van der Waals surface area (Å²) in [6.07, 6.45) is 1.68. The minimum absolute atomic E-state index is 0.0284. The van der Waals surface area contributed by atoms with Gasteiger partial charge in [0.25, 0.3) is 5.56 Å². The van der Waals surface area contributed by atoms with Crippen LogP contribution in [0.4, 0.5) is 4.79 Å². The van der Waals surface area contributed by atoms with Crippen molar-refractivity contribution < 1.29 is 9.53 Å². The maximum atomic E-state index is 11.8. The van der Waals surface area contributed by atoms with E-state index in [1.807, 2.05) is 30.3 Å². The summed E-state index contributed by atoms with van der Waals surface area (Å²) in [5.74, 6) is 0. The van der Waals surface area contributed by atoms with Crippen LogP contribution in [0.2, 0.25) is 0 Å². The summed E-state index contributed by atoms with van der Waals surface area (Å²) in [7, 11) is 0. The quantitative estimate of drug-likeness (QED) is 0.900. The Hall–Kier alpha value is -2.63. The zero-order chi connectivity index (χ0) is 15.4. The van der Waals surface area contributed by atoms with E-state index in [9.17, 15) is 9.59 Å². The van der Waals surface area contributed by atoms with Gasteiger partial charge in [-0.25, -0.2) is 9.89 Å². The van der Waals surface area contributed by atoms with Crippen LogP contribution in [0.5, 0.6) is 0 Å². The van der Waals surface area contributed by atoms with Crippen molar-refractivity contribution in [3.63, 3.8) is 0 Å². The lowest BCUT2D eigenvalue weighted by atomic mass is 9.92. The van der Waals surface area contributed by atoms with E-state index >= 15 is 0 Å². The Morgan fingerprint density at radius 1 is 1.36 bits per heavy atom. The molecule has 6 nitrogen and oxygen atoms in total. The van der Waals surface area contributed by atoms with Crippen LogP contribution < -0.4 is 10.9 Å². The van der Waals surface area contributed by atoms with Crippen molar-refractivity contribution in [1.29, 1.82) is 0 Å². The van der Waals surface area contributed by atoms with Crippen LogP contribution in [0.25, 0.3) is 0 Å². The fourth-order valence-corrected chi connectivity index (χ4v) is 2.59. The summed E-state index contributed by atoms with van der Waals surface area (Å²) in [4.78, 5) is 23.1. The number of aromatic amines is 1. The lowest BCUT2D eigenvalue weighted by molar-refractivity contribution is 0.134. The second-order valence-electron chi connectivity index (χ2n) is 5.35. The van der Waals surface area contributed by atoms with Gasteiger partial charge in [-0.05, 0) is 30.4 Å². The van der Waals surface area contributed by atoms with E-state index in [2.05, 4.69) is 15.5 Å². The molecule has 0 bridgehead atoms. The van der Waals surface area contributed by atoms with Gasteiger partial charge in [0.2, 0.25) is 0 Å². The first-order valence-corrected chi connectivity index (χ1v) is 7.25. The summed E-state index contributed by atoms with van der Waals surface area (Å²) >= 11 is 0. The molecule has 0 saturated heterocycles. The third-order valence-electron chi connectivity index (χ3n) is 3.71. The highest BCUT2D eigenvalue weighted by Crippen LogP contribution is 2.17. The molecule has 0 saturated carbocycles. The summed E-state index contributed by atoms with van der Waals surface area (Å²) < 4.78 is 5.21. The molecule has 1 aromatic heterocycles. The molecule has 6 heteroatoms. The second kappa shape index (κ2) is 6.43. The number of H-pyrrole nitrogens is 1. The van der Waals surface area contributed by atoms with Crippen molar-refractivity contribution in [2.75, 3.05) is 0 Å². The number of alkyl carbamates (subject to hydrolysis) is 1. The summed E-state index contributed by atoms with van der Waals surface area (Å²) in [6, 6.07) is 11.0. The fourth-order valence-electron chi connectivity index (χ4n) is 2.59. The van der Waals surface area contributed by atoms with Gasteiger partial charge in [-0.3, -0.25) is 4.79 Å². The molecule has 1 amide bonds. The zero-order valence-electron chi connectivity index (χ0n) is 12.0. The van der Waals surface area contributed by atoms with Gasteiger partial charge >= 0.3 is 6.09 Å². The van der Waals surface area contributed by atoms with Crippen LogP contribution >= 0.6 is 0 Å². The molecule has 1 atom stereocenters. The number of aryl methyl sites for hydroxylation is 1. The average Bonchev–Trinajstić information content (AvgIpc) is 2.53. The predicted octanol–water partition coefficient (Wildman–Crippen LogP) is 1.55. The molecule has 0 aliphatic heterocycles. The number of ether oxygens (including phenoxy) is 1. The van der Waals surface area contributed by atoms with Gasteiger partial charge in [0.15, 0.2) is 0 Å². The number of rotatable bonds is 3. The highest BCUT2D eigenvalue weighted by molar-refractivity contribution is 5.67. The van der Waals surface area contributed by atoms with Crippen LogP contribution in [-0.2, 0) is 24.2 Å². The smallest absolute Gasteiger partial charge is 0.407 e. The Bertz CT molecular complexity index is 712. The lowest BCUT2D eigenvalue weighted by Gasteiger charge is -2.23. The van der Waals surface area contributed by atoms with Crippen molar-refractivity contribution >= 4 is 6.09 Å². The normalized spacial score (nSPS) is 16.6. The maximum Gasteiger partial charge on any atom is 0.407 e. The van der Waals surface area contributed by atoms with E-state index in [0.717, 1.165) is 29.7 Å². The van der Waals surface area contributed by atoms with Crippen molar-refractivity contribution in [3.05, 3.63) is 63.6 Å². The van der Waals surface area contributed by atoms with E-state index < -0.39 is 6.09 Å². The second-order valence-corrected chi connectivity index (χ2v) is 5.35. The summed E-state index contributed by atoms with van der Waals surface area (Å²) in [5.41, 5.74) is 2.52. The van der Waals surface area contributed by atoms with Crippen molar-refractivity contribution in [2.45, 2.75) is 31.9 Å². The molecule has 0 radical (unpaired) electrons. The largest absolute Gasteiger partial charge is 0.445 e. The molecule has 1 aromatic carbocycles. The number of benzene rings is 1. The number of nitrogens with one attached hydrogen (secondary N) is 2. The van der Waals surface area contributed by atoms with Crippen LogP contribution in [0.3, 0.4) is 0 Å². The van der Waals surface area contributed by atoms with Gasteiger partial charge in [-0.2, -0.15) is 5.10 Å². The molecule has 3 rings (SSSR count). The van der Waals surface area contributed by atoms with Gasteiger partial charge < -0.3 is 10.1 Å². The Kier molecular flexibility index (Phi) is 4.18. The molecule has 1 heterocycles. The molecule has 0 fully saturated rings. The topological polar surface area (TPSA) is 84.1 Å². The molecule has 2 N–H and O–H groups in total. The van der Waals surface area contributed by atoms with E-state index in [4.69, 9.17) is 4.74 Å². The summed E-state index contributed by atoms with van der Waals surface area (Å²) in [6.45, 7) is 0.247. The first-order valence-electron chi connectivity index (χ1n) is 7.25. The average molecular weight is 299 g/mol. The molecule has 1 unspecified atom stereocenters. The molecule has 114 valence electrons. The van der Waals surface area contributed by atoms with Crippen molar-refractivity contribution in [3.8, 4) is 0 Å². The molecular weight excluding hydrogens is 282 g/mol. The fraction of sp³-hybridized carbons (Fsp3) is 0.312. The number of nitrogens with zero attached hydrogens (tertiary/aromatic N) is 1. The van der Waals surface area contributed by atoms with Gasteiger partial charge in [0, 0.05) is 12.1 Å². The van der Waals surface area contributed by atoms with E-state index in [-0.39, 0.29) is 18.2 Å². The molecule has 22 heavy (non-hydrogen) atoms. The van der Waals surface area contributed by atoms with Gasteiger partial charge in [0.05, 0.1) is 5.69 Å². The first kappa shape index (κ1) is 14.3. The summed E-state index contributed by atoms with van der Waals surface area (Å²) in [5, 5.41) is 9.31. The highest BCUT2D eigenvalue weighted by atomic mass is 16.5. The van der Waals surface area contributed by atoms with Crippen LogP contribution in [0, 0.1) is 0 Å². The highest BCUT2D eigenvalue weighted by Gasteiger charge is 2.22. The third kappa shape index (κ3) is 3.52. The number of hydrogen-bond acceptors (Lipinski definition) is 4. The Morgan fingerprint density at radius 2 is 2.18 bits per heavy atom. The number of amides is 1. The van der Waals surface area contributed by atoms with Crippen molar-refractivity contribution in [1.82, 2.24) is 15.5 Å². The van der Waals surface area contributed by atoms with Crippen LogP contribution in [0.1, 0.15) is 23.2 Å². The molecular formula is C16H17N3O3. The molecule has 2 aromatic rings. The van der Waals surface area contributed by atoms with Crippen LogP contribution in [0.15, 0.2) is 41.2 Å². The molecule has 1 aliphatic rings. The SMILES string of the molecule is O=C(NC1CCc2n[nH]c(=O)cc2C1)OCc1ccccc1. The van der Waals surface area contributed by atoms with Gasteiger partial charge in [-0.15, -0.1) is 0 Å². The first-order chi connectivity index (χ1) is 10.7. The van der Waals surface area contributed by atoms with E-state index in [1.54, 1.807) is 6.07 Å². The number of aromatic nitrogens is 2. The minimum atomic E-state index is -0.435. The predicted molar refractivity (Wildman–Crippen MR) is 80.4 cm³/mol. The minimum Gasteiger partial charge on any atom is -0.445 e. The number of fused-ring (bicyclic) bond motifs is 1. The third-order valence-corrected chi connectivity index (χ3v) is 3.71. The number of carbonyl (C=O) groups is 1. The zero-order valence-corrected chi connectivity index (χ0v) is 12.0. The number of hydrogen-bond donors (Lipinski definition) is 2. The van der Waals surface area contributed by atoms with Gasteiger partial charge in [-0.1, -0.05) is 30.3 Å².